The summed E-state index contributed by atoms with van der Waals surface area (Å²) in [5.41, 5.74) is 7.71. The molecule has 0 aliphatic carbocycles. The first-order valence-corrected chi connectivity index (χ1v) is 5.02. The summed E-state index contributed by atoms with van der Waals surface area (Å²) < 4.78 is 5.03. The zero-order valence-electron chi connectivity index (χ0n) is 9.52. The third kappa shape index (κ3) is 2.41. The third-order valence-corrected chi connectivity index (χ3v) is 2.19. The molecule has 3 N–H and O–H groups in total. The first-order valence-electron chi connectivity index (χ1n) is 5.02. The minimum absolute atomic E-state index is 0.161. The Morgan fingerprint density at radius 3 is 2.88 bits per heavy atom. The van der Waals surface area contributed by atoms with Crippen LogP contribution in [0, 0.1) is 13.8 Å². The van der Waals surface area contributed by atoms with E-state index in [1.165, 1.54) is 12.5 Å². The Bertz CT molecular complexity index is 562. The van der Waals surface area contributed by atoms with Crippen molar-refractivity contribution in [3.05, 3.63) is 35.5 Å². The van der Waals surface area contributed by atoms with Crippen molar-refractivity contribution in [3.8, 4) is 0 Å². The van der Waals surface area contributed by atoms with Crippen molar-refractivity contribution in [1.29, 1.82) is 0 Å². The fourth-order valence-corrected chi connectivity index (χ4v) is 1.35. The van der Waals surface area contributed by atoms with Crippen LogP contribution < -0.4 is 11.1 Å². The lowest BCUT2D eigenvalue weighted by atomic mass is 10.2. The molecule has 0 bridgehead atoms. The van der Waals surface area contributed by atoms with Gasteiger partial charge in [-0.05, 0) is 19.9 Å². The van der Waals surface area contributed by atoms with Crippen molar-refractivity contribution in [3.63, 3.8) is 0 Å². The van der Waals surface area contributed by atoms with Gasteiger partial charge in [0.1, 0.15) is 6.26 Å². The molecule has 88 valence electrons. The molecule has 2 rings (SSSR count). The van der Waals surface area contributed by atoms with E-state index in [4.69, 9.17) is 10.2 Å². The number of carbonyl (C=O) groups excluding carboxylic acids is 1. The molecule has 0 radical (unpaired) electrons. The molecule has 0 spiro atoms. The summed E-state index contributed by atoms with van der Waals surface area (Å²) in [4.78, 5) is 19.9. The summed E-state index contributed by atoms with van der Waals surface area (Å²) in [7, 11) is 0. The Hall–Kier alpha value is -2.37. The average molecular weight is 232 g/mol. The predicted octanol–water partition coefficient (Wildman–Crippen LogP) is 1.52. The number of aryl methyl sites for hydroxylation is 2. The van der Waals surface area contributed by atoms with Gasteiger partial charge >= 0.3 is 6.01 Å². The molecular formula is C11H12N4O2. The van der Waals surface area contributed by atoms with E-state index in [9.17, 15) is 4.79 Å². The molecule has 1 amide bonds. The number of oxazole rings is 1. The number of aromatic nitrogens is 2. The lowest BCUT2D eigenvalue weighted by Gasteiger charge is -2.04. The summed E-state index contributed by atoms with van der Waals surface area (Å²) in [5.74, 6) is -0.343. The van der Waals surface area contributed by atoms with Crippen molar-refractivity contribution in [2.24, 2.45) is 0 Å². The van der Waals surface area contributed by atoms with Crippen LogP contribution in [-0.2, 0) is 0 Å². The second-order valence-corrected chi connectivity index (χ2v) is 3.65. The Labute approximate surface area is 97.9 Å². The van der Waals surface area contributed by atoms with Crippen molar-refractivity contribution < 1.29 is 9.21 Å². The number of nitrogens with one attached hydrogen (secondary N) is 1. The van der Waals surface area contributed by atoms with Crippen molar-refractivity contribution in [1.82, 2.24) is 9.97 Å². The zero-order valence-corrected chi connectivity index (χ0v) is 9.52. The van der Waals surface area contributed by atoms with Gasteiger partial charge in [-0.1, -0.05) is 0 Å². The summed E-state index contributed by atoms with van der Waals surface area (Å²) >= 11 is 0. The lowest BCUT2D eigenvalue weighted by molar-refractivity contribution is 0.102. The van der Waals surface area contributed by atoms with E-state index in [2.05, 4.69) is 15.3 Å². The van der Waals surface area contributed by atoms with Crippen molar-refractivity contribution in [2.75, 3.05) is 11.1 Å². The van der Waals surface area contributed by atoms with Crippen LogP contribution in [0.25, 0.3) is 0 Å². The SMILES string of the molecule is Cc1coc(NC(=O)c2cc(N)cnc2C)n1. The fraction of sp³-hybridized carbons (Fsp3) is 0.182. The molecule has 0 aliphatic rings. The first kappa shape index (κ1) is 11.1. The Balaban J connectivity index is 2.22. The second-order valence-electron chi connectivity index (χ2n) is 3.65. The molecule has 0 saturated carbocycles. The van der Waals surface area contributed by atoms with Crippen LogP contribution in [0.15, 0.2) is 22.9 Å². The highest BCUT2D eigenvalue weighted by atomic mass is 16.4. The number of nitrogens with two attached hydrogens (primary N) is 1. The summed E-state index contributed by atoms with van der Waals surface area (Å²) in [6.07, 6.45) is 2.96. The van der Waals surface area contributed by atoms with Crippen LogP contribution in [0.5, 0.6) is 0 Å². The molecule has 6 nitrogen and oxygen atoms in total. The monoisotopic (exact) mass is 232 g/mol. The molecule has 0 unspecified atom stereocenters. The Morgan fingerprint density at radius 1 is 1.47 bits per heavy atom. The maximum absolute atomic E-state index is 11.9. The molecule has 0 atom stereocenters. The van der Waals surface area contributed by atoms with E-state index in [-0.39, 0.29) is 11.9 Å². The molecule has 17 heavy (non-hydrogen) atoms. The standard InChI is InChI=1S/C11H12N4O2/c1-6-5-17-11(14-6)15-10(16)9-3-8(12)4-13-7(9)2/h3-5H,12H2,1-2H3,(H,14,15,16). The van der Waals surface area contributed by atoms with Gasteiger partial charge in [0.15, 0.2) is 0 Å². The quantitative estimate of drug-likeness (QED) is 0.818. The van der Waals surface area contributed by atoms with E-state index in [0.29, 0.717) is 22.6 Å². The number of rotatable bonds is 2. The molecule has 0 aromatic carbocycles. The minimum Gasteiger partial charge on any atom is -0.432 e. The van der Waals surface area contributed by atoms with E-state index < -0.39 is 0 Å². The van der Waals surface area contributed by atoms with E-state index in [1.54, 1.807) is 19.9 Å². The topological polar surface area (TPSA) is 94.0 Å². The molecule has 2 aromatic rings. The predicted molar refractivity (Wildman–Crippen MR) is 62.6 cm³/mol. The van der Waals surface area contributed by atoms with Gasteiger partial charge in [0.2, 0.25) is 0 Å². The molecule has 0 saturated heterocycles. The normalized spacial score (nSPS) is 10.2. The Morgan fingerprint density at radius 2 is 2.24 bits per heavy atom. The van der Waals surface area contributed by atoms with Crippen LogP contribution in [0.4, 0.5) is 11.7 Å². The van der Waals surface area contributed by atoms with Crippen LogP contribution in [0.2, 0.25) is 0 Å². The van der Waals surface area contributed by atoms with Gasteiger partial charge in [-0.15, -0.1) is 0 Å². The Kier molecular flexibility index (Phi) is 2.78. The van der Waals surface area contributed by atoms with Gasteiger partial charge in [-0.3, -0.25) is 15.1 Å². The van der Waals surface area contributed by atoms with Gasteiger partial charge in [0, 0.05) is 0 Å². The highest BCUT2D eigenvalue weighted by Gasteiger charge is 2.13. The van der Waals surface area contributed by atoms with Gasteiger partial charge in [0.25, 0.3) is 5.91 Å². The lowest BCUT2D eigenvalue weighted by Crippen LogP contribution is -2.14. The number of anilines is 2. The van der Waals surface area contributed by atoms with E-state index in [0.717, 1.165) is 0 Å². The number of hydrogen-bond donors (Lipinski definition) is 2. The minimum atomic E-state index is -0.343. The molecule has 0 fully saturated rings. The largest absolute Gasteiger partial charge is 0.432 e. The van der Waals surface area contributed by atoms with Crippen molar-refractivity contribution in [2.45, 2.75) is 13.8 Å². The average Bonchev–Trinajstić information content (AvgIpc) is 2.67. The zero-order chi connectivity index (χ0) is 12.4. The van der Waals surface area contributed by atoms with Crippen molar-refractivity contribution >= 4 is 17.6 Å². The summed E-state index contributed by atoms with van der Waals surface area (Å²) in [5, 5.41) is 2.53. The highest BCUT2D eigenvalue weighted by molar-refractivity contribution is 6.04. The number of amides is 1. The van der Waals surface area contributed by atoms with Gasteiger partial charge < -0.3 is 10.2 Å². The van der Waals surface area contributed by atoms with Crippen LogP contribution in [-0.4, -0.2) is 15.9 Å². The number of carbonyl (C=O) groups is 1. The number of nitrogens with zero attached hydrogens (tertiary/aromatic N) is 2. The number of hydrogen-bond acceptors (Lipinski definition) is 5. The molecule has 2 aromatic heterocycles. The summed E-state index contributed by atoms with van der Waals surface area (Å²) in [6, 6.07) is 1.72. The summed E-state index contributed by atoms with van der Waals surface area (Å²) in [6.45, 7) is 3.50. The third-order valence-electron chi connectivity index (χ3n) is 2.19. The van der Waals surface area contributed by atoms with Crippen LogP contribution >= 0.6 is 0 Å². The van der Waals surface area contributed by atoms with Gasteiger partial charge in [0.05, 0.1) is 28.8 Å². The highest BCUT2D eigenvalue weighted by Crippen LogP contribution is 2.13. The maximum Gasteiger partial charge on any atom is 0.301 e. The molecule has 0 aliphatic heterocycles. The second kappa shape index (κ2) is 4.25. The van der Waals surface area contributed by atoms with Gasteiger partial charge in [-0.2, -0.15) is 4.98 Å². The van der Waals surface area contributed by atoms with Gasteiger partial charge in [-0.25, -0.2) is 0 Å². The number of pyridine rings is 1. The van der Waals surface area contributed by atoms with Crippen LogP contribution in [0.1, 0.15) is 21.7 Å². The van der Waals surface area contributed by atoms with E-state index in [1.807, 2.05) is 0 Å². The molecule has 2 heterocycles. The smallest absolute Gasteiger partial charge is 0.301 e. The fourth-order valence-electron chi connectivity index (χ4n) is 1.35. The first-order chi connectivity index (χ1) is 8.06. The van der Waals surface area contributed by atoms with E-state index >= 15 is 0 Å². The molecule has 6 heteroatoms. The number of nitrogen functional groups attached to an aromatic ring is 1. The molecular weight excluding hydrogens is 220 g/mol. The maximum atomic E-state index is 11.9. The van der Waals surface area contributed by atoms with Crippen LogP contribution in [0.3, 0.4) is 0 Å².